The summed E-state index contributed by atoms with van der Waals surface area (Å²) >= 11 is 1.28. The van der Waals surface area contributed by atoms with Crippen molar-refractivity contribution in [2.75, 3.05) is 30.4 Å². The van der Waals surface area contributed by atoms with Gasteiger partial charge in [0.25, 0.3) is 5.91 Å². The quantitative estimate of drug-likeness (QED) is 0.226. The van der Waals surface area contributed by atoms with Gasteiger partial charge in [0.05, 0.1) is 22.4 Å². The number of anilines is 3. The lowest BCUT2D eigenvalue weighted by Gasteiger charge is -2.37. The molecule has 224 valence electrons. The second-order valence-electron chi connectivity index (χ2n) is 11.6. The van der Waals surface area contributed by atoms with E-state index in [1.807, 2.05) is 72.5 Å². The predicted octanol–water partition coefficient (Wildman–Crippen LogP) is 7.11. The van der Waals surface area contributed by atoms with Crippen molar-refractivity contribution in [2.45, 2.75) is 38.6 Å². The largest absolute Gasteiger partial charge is 0.457 e. The Labute approximate surface area is 259 Å². The van der Waals surface area contributed by atoms with Crippen LogP contribution in [0.5, 0.6) is 11.5 Å². The van der Waals surface area contributed by atoms with Crippen molar-refractivity contribution < 1.29 is 19.1 Å². The lowest BCUT2D eigenvalue weighted by molar-refractivity contribution is -0.127. The number of para-hydroxylation sites is 1. The Hall–Kier alpha value is -4.70. The first kappa shape index (κ1) is 28.1. The number of nitrogens with one attached hydrogen (secondary N) is 1. The van der Waals surface area contributed by atoms with Crippen LogP contribution in [0.1, 0.15) is 40.9 Å². The Morgan fingerprint density at radius 1 is 1.07 bits per heavy atom. The van der Waals surface area contributed by atoms with Gasteiger partial charge in [0.2, 0.25) is 5.91 Å². The van der Waals surface area contributed by atoms with Crippen molar-refractivity contribution in [1.82, 2.24) is 14.8 Å². The molecule has 0 radical (unpaired) electrons. The number of carbonyl (C=O) groups excluding carboxylic acids is 3. The first-order valence-electron chi connectivity index (χ1n) is 15.0. The molecule has 2 fully saturated rings. The van der Waals surface area contributed by atoms with Gasteiger partial charge in [-0.05, 0) is 86.6 Å². The van der Waals surface area contributed by atoms with E-state index < -0.39 is 0 Å². The van der Waals surface area contributed by atoms with Crippen LogP contribution < -0.4 is 15.0 Å². The standard InChI is InChI=1S/C34H33N5O4S/c1-21-19-25(43-24-8-4-3-5-9-24)13-14-26(21)39-27-16-17-35-32-29(27)30(36-34(39)42)31(44-32)33(41)37(2)23-7-6-18-38(20-23)28(40)15-12-22-10-11-22/h3-5,8-9,12-17,19,22-23H,6-7,10-11,18,20H2,1-2H3,(H,36,42)/b15-12+. The number of carbonyl (C=O) groups is 3. The van der Waals surface area contributed by atoms with Gasteiger partial charge in [-0.2, -0.15) is 0 Å². The average molecular weight is 608 g/mol. The molecule has 1 N–H and O–H groups in total. The van der Waals surface area contributed by atoms with E-state index in [1.165, 1.54) is 11.3 Å². The van der Waals surface area contributed by atoms with Gasteiger partial charge in [0, 0.05) is 32.4 Å². The molecule has 7 rings (SSSR count). The summed E-state index contributed by atoms with van der Waals surface area (Å²) < 4.78 is 5.99. The van der Waals surface area contributed by atoms with Gasteiger partial charge < -0.3 is 19.9 Å². The fourth-order valence-electron chi connectivity index (χ4n) is 5.95. The number of allylic oxidation sites excluding steroid dienone is 1. The highest BCUT2D eigenvalue weighted by Crippen LogP contribution is 2.47. The van der Waals surface area contributed by atoms with Crippen LogP contribution in [0, 0.1) is 12.8 Å². The van der Waals surface area contributed by atoms with E-state index in [4.69, 9.17) is 4.74 Å². The maximum atomic E-state index is 13.9. The van der Waals surface area contributed by atoms with Crippen molar-refractivity contribution in [3.8, 4) is 11.5 Å². The Bertz CT molecular complexity index is 1800. The highest BCUT2D eigenvalue weighted by molar-refractivity contribution is 7.21. The van der Waals surface area contributed by atoms with Gasteiger partial charge in [0.1, 0.15) is 21.2 Å². The average Bonchev–Trinajstić information content (AvgIpc) is 3.80. The summed E-state index contributed by atoms with van der Waals surface area (Å²) in [6.07, 6.45) is 9.32. The summed E-state index contributed by atoms with van der Waals surface area (Å²) in [7, 11) is 1.78. The zero-order valence-electron chi connectivity index (χ0n) is 24.7. The van der Waals surface area contributed by atoms with Crippen LogP contribution in [-0.4, -0.2) is 58.8 Å². The van der Waals surface area contributed by atoms with E-state index in [1.54, 1.807) is 29.1 Å². The number of hydrogen-bond acceptors (Lipinski definition) is 6. The predicted molar refractivity (Wildman–Crippen MR) is 172 cm³/mol. The van der Waals surface area contributed by atoms with Crippen LogP contribution in [0.4, 0.5) is 21.9 Å². The molecular formula is C34H33N5O4S. The number of thiophene rings is 1. The second kappa shape index (κ2) is 11.4. The number of rotatable bonds is 7. The zero-order chi connectivity index (χ0) is 30.4. The third kappa shape index (κ3) is 5.30. The summed E-state index contributed by atoms with van der Waals surface area (Å²) in [5, 5.41) is 3.75. The molecule has 0 spiro atoms. The molecule has 1 aliphatic carbocycles. The first-order valence-corrected chi connectivity index (χ1v) is 15.8. The highest BCUT2D eigenvalue weighted by Gasteiger charge is 2.36. The number of aryl methyl sites for hydroxylation is 1. The van der Waals surface area contributed by atoms with E-state index in [0.717, 1.165) is 42.4 Å². The monoisotopic (exact) mass is 607 g/mol. The summed E-state index contributed by atoms with van der Waals surface area (Å²) in [6, 6.07) is 16.5. The van der Waals surface area contributed by atoms with Crippen LogP contribution in [0.15, 0.2) is 72.9 Å². The number of likely N-dealkylation sites (tertiary alicyclic amines) is 1. The minimum absolute atomic E-state index is 0.00977. The maximum Gasteiger partial charge on any atom is 0.331 e. The number of pyridine rings is 1. The number of hydrogen-bond donors (Lipinski definition) is 1. The number of piperidine rings is 1. The van der Waals surface area contributed by atoms with E-state index in [9.17, 15) is 14.4 Å². The van der Waals surface area contributed by atoms with Gasteiger partial charge >= 0.3 is 6.03 Å². The fraction of sp³-hybridized carbons (Fsp3) is 0.294. The molecule has 44 heavy (non-hydrogen) atoms. The minimum atomic E-state index is -0.350. The molecule has 1 atom stereocenters. The number of ether oxygens (including phenoxy) is 1. The molecule has 0 bridgehead atoms. The minimum Gasteiger partial charge on any atom is -0.457 e. The van der Waals surface area contributed by atoms with Crippen LogP contribution >= 0.6 is 11.3 Å². The molecule has 2 aliphatic heterocycles. The van der Waals surface area contributed by atoms with Gasteiger partial charge in [-0.25, -0.2) is 9.78 Å². The van der Waals surface area contributed by atoms with Crippen molar-refractivity contribution in [3.63, 3.8) is 0 Å². The molecular weight excluding hydrogens is 574 g/mol. The number of urea groups is 1. The van der Waals surface area contributed by atoms with Gasteiger partial charge in [-0.1, -0.05) is 24.3 Å². The Morgan fingerprint density at radius 2 is 1.89 bits per heavy atom. The van der Waals surface area contributed by atoms with Gasteiger partial charge in [-0.3, -0.25) is 14.5 Å². The molecule has 1 saturated carbocycles. The first-order chi connectivity index (χ1) is 21.4. The van der Waals surface area contributed by atoms with Crippen molar-refractivity contribution in [1.29, 1.82) is 0 Å². The van der Waals surface area contributed by atoms with Crippen LogP contribution in [0.2, 0.25) is 0 Å². The fourth-order valence-corrected chi connectivity index (χ4v) is 7.05. The van der Waals surface area contributed by atoms with E-state index in [-0.39, 0.29) is 23.9 Å². The Kier molecular flexibility index (Phi) is 7.29. The third-order valence-electron chi connectivity index (χ3n) is 8.54. The van der Waals surface area contributed by atoms with Crippen molar-refractivity contribution in [3.05, 3.63) is 83.4 Å². The molecule has 4 amide bonds. The molecule has 1 unspecified atom stereocenters. The SMILES string of the molecule is Cc1cc(Oc2ccccc2)ccc1N1C(=O)Nc2c(C(=O)N(C)C3CCCN(C(=O)/C=C/C4CC4)C3)sc3nccc1c23. The molecule has 2 aromatic carbocycles. The topological polar surface area (TPSA) is 95.1 Å². The lowest BCUT2D eigenvalue weighted by atomic mass is 10.0. The summed E-state index contributed by atoms with van der Waals surface area (Å²) in [5.74, 6) is 1.76. The molecule has 1 saturated heterocycles. The summed E-state index contributed by atoms with van der Waals surface area (Å²) in [6.45, 7) is 3.12. The molecule has 2 aromatic heterocycles. The van der Waals surface area contributed by atoms with Gasteiger partial charge in [-0.15, -0.1) is 11.3 Å². The lowest BCUT2D eigenvalue weighted by Crippen LogP contribution is -2.50. The van der Waals surface area contributed by atoms with Crippen LogP contribution in [0.25, 0.3) is 10.2 Å². The number of benzene rings is 2. The molecule has 4 heterocycles. The second-order valence-corrected chi connectivity index (χ2v) is 12.6. The van der Waals surface area contributed by atoms with E-state index >= 15 is 0 Å². The highest BCUT2D eigenvalue weighted by atomic mass is 32.1. The number of nitrogens with zero attached hydrogens (tertiary/aromatic N) is 4. The summed E-state index contributed by atoms with van der Waals surface area (Å²) in [4.78, 5) is 51.3. The Morgan fingerprint density at radius 3 is 2.66 bits per heavy atom. The third-order valence-corrected chi connectivity index (χ3v) is 9.62. The number of aromatic nitrogens is 1. The number of likely N-dealkylation sites (N-methyl/N-ethyl adjacent to an activating group) is 1. The van der Waals surface area contributed by atoms with Crippen LogP contribution in [0.3, 0.4) is 0 Å². The number of amides is 4. The molecule has 10 heteroatoms. The Balaban J connectivity index is 1.15. The van der Waals surface area contributed by atoms with E-state index in [2.05, 4.69) is 10.3 Å². The van der Waals surface area contributed by atoms with Crippen molar-refractivity contribution in [2.24, 2.45) is 5.92 Å². The summed E-state index contributed by atoms with van der Waals surface area (Å²) in [5.41, 5.74) is 2.73. The van der Waals surface area contributed by atoms with Crippen molar-refractivity contribution >= 4 is 56.5 Å². The maximum absolute atomic E-state index is 13.9. The van der Waals surface area contributed by atoms with Gasteiger partial charge in [0.15, 0.2) is 0 Å². The van der Waals surface area contributed by atoms with Crippen LogP contribution in [-0.2, 0) is 4.79 Å². The normalized spacial score (nSPS) is 18.0. The zero-order valence-corrected chi connectivity index (χ0v) is 25.5. The molecule has 3 aliphatic rings. The molecule has 9 nitrogen and oxygen atoms in total. The smallest absolute Gasteiger partial charge is 0.331 e. The molecule has 4 aromatic rings. The van der Waals surface area contributed by atoms with E-state index in [0.29, 0.717) is 51.5 Å².